The Balaban J connectivity index is 2.00. The van der Waals surface area contributed by atoms with Crippen LogP contribution in [0.4, 0.5) is 11.4 Å². The maximum Gasteiger partial charge on any atom is 0.263 e. The zero-order valence-corrected chi connectivity index (χ0v) is 13.8. The second kappa shape index (κ2) is 5.28. The highest BCUT2D eigenvalue weighted by atomic mass is 79.9. The lowest BCUT2D eigenvalue weighted by atomic mass is 10.3. The molecular formula is C13H10BrN3O2S2. The summed E-state index contributed by atoms with van der Waals surface area (Å²) in [7, 11) is -3.74. The first-order valence-corrected chi connectivity index (χ1v) is 9.02. The maximum atomic E-state index is 12.4. The summed E-state index contributed by atoms with van der Waals surface area (Å²) >= 11 is 4.70. The van der Waals surface area contributed by atoms with E-state index in [1.165, 1.54) is 17.4 Å². The lowest BCUT2D eigenvalue weighted by Gasteiger charge is -2.10. The van der Waals surface area contributed by atoms with E-state index in [-0.39, 0.29) is 10.6 Å². The van der Waals surface area contributed by atoms with E-state index >= 15 is 0 Å². The average molecular weight is 384 g/mol. The van der Waals surface area contributed by atoms with Gasteiger partial charge in [0.15, 0.2) is 0 Å². The lowest BCUT2D eigenvalue weighted by Crippen LogP contribution is -2.14. The number of benzene rings is 2. The van der Waals surface area contributed by atoms with Gasteiger partial charge in [-0.2, -0.15) is 0 Å². The van der Waals surface area contributed by atoms with Gasteiger partial charge in [0, 0.05) is 4.47 Å². The molecule has 3 rings (SSSR count). The van der Waals surface area contributed by atoms with Crippen LogP contribution in [0.15, 0.2) is 51.3 Å². The molecule has 0 radical (unpaired) electrons. The van der Waals surface area contributed by atoms with Crippen LogP contribution in [0.5, 0.6) is 0 Å². The third-order valence-electron chi connectivity index (χ3n) is 2.85. The fourth-order valence-electron chi connectivity index (χ4n) is 1.87. The summed E-state index contributed by atoms with van der Waals surface area (Å²) in [5.41, 5.74) is 8.99. The molecule has 0 saturated carbocycles. The molecule has 0 fully saturated rings. The number of hydrogen-bond donors (Lipinski definition) is 2. The SMILES string of the molecule is Nc1ccc(Br)cc1S(=O)(=O)Nc1ccc2ncsc2c1. The van der Waals surface area contributed by atoms with Gasteiger partial charge in [-0.3, -0.25) is 4.72 Å². The number of nitrogens with zero attached hydrogens (tertiary/aromatic N) is 1. The molecule has 0 unspecified atom stereocenters. The highest BCUT2D eigenvalue weighted by Gasteiger charge is 2.18. The zero-order chi connectivity index (χ0) is 15.0. The number of hydrogen-bond acceptors (Lipinski definition) is 5. The summed E-state index contributed by atoms with van der Waals surface area (Å²) in [6.45, 7) is 0. The molecule has 21 heavy (non-hydrogen) atoms. The summed E-state index contributed by atoms with van der Waals surface area (Å²) in [6.07, 6.45) is 0. The minimum atomic E-state index is -3.74. The number of nitrogens with two attached hydrogens (primary N) is 1. The van der Waals surface area contributed by atoms with Crippen LogP contribution in [-0.4, -0.2) is 13.4 Å². The molecule has 3 aromatic rings. The van der Waals surface area contributed by atoms with Crippen LogP contribution < -0.4 is 10.5 Å². The highest BCUT2D eigenvalue weighted by molar-refractivity contribution is 9.10. The zero-order valence-electron chi connectivity index (χ0n) is 10.6. The van der Waals surface area contributed by atoms with Crippen molar-refractivity contribution in [2.75, 3.05) is 10.5 Å². The Morgan fingerprint density at radius 1 is 1.19 bits per heavy atom. The fraction of sp³-hybridized carbons (Fsp3) is 0. The number of anilines is 2. The first kappa shape index (κ1) is 14.3. The Labute approximate surface area is 134 Å². The number of nitrogen functional groups attached to an aromatic ring is 1. The molecule has 108 valence electrons. The number of thiazole rings is 1. The number of fused-ring (bicyclic) bond motifs is 1. The number of aromatic nitrogens is 1. The van der Waals surface area contributed by atoms with Gasteiger partial charge in [0.2, 0.25) is 0 Å². The van der Waals surface area contributed by atoms with Gasteiger partial charge >= 0.3 is 0 Å². The minimum Gasteiger partial charge on any atom is -0.398 e. The third kappa shape index (κ3) is 2.87. The van der Waals surface area contributed by atoms with Crippen molar-refractivity contribution in [3.63, 3.8) is 0 Å². The summed E-state index contributed by atoms with van der Waals surface area (Å²) in [6, 6.07) is 9.91. The molecule has 0 aliphatic rings. The van der Waals surface area contributed by atoms with Crippen molar-refractivity contribution >= 4 is 58.9 Å². The van der Waals surface area contributed by atoms with E-state index in [0.717, 1.165) is 10.2 Å². The smallest absolute Gasteiger partial charge is 0.263 e. The summed E-state index contributed by atoms with van der Waals surface area (Å²) in [5.74, 6) is 0. The molecule has 1 aromatic heterocycles. The molecule has 0 amide bonds. The predicted octanol–water partition coefficient (Wildman–Crippen LogP) is 3.44. The van der Waals surface area contributed by atoms with Crippen LogP contribution in [0, 0.1) is 0 Å². The molecular weight excluding hydrogens is 374 g/mol. The van der Waals surface area contributed by atoms with Crippen LogP contribution in [0.3, 0.4) is 0 Å². The quantitative estimate of drug-likeness (QED) is 0.678. The van der Waals surface area contributed by atoms with Gasteiger partial charge in [0.25, 0.3) is 10.0 Å². The standard InChI is InChI=1S/C13H10BrN3O2S2/c14-8-1-3-10(15)13(5-8)21(18,19)17-9-2-4-11-12(6-9)20-7-16-11/h1-7,17H,15H2. The van der Waals surface area contributed by atoms with Crippen LogP contribution in [-0.2, 0) is 10.0 Å². The van der Waals surface area contributed by atoms with Crippen molar-refractivity contribution in [1.82, 2.24) is 4.98 Å². The van der Waals surface area contributed by atoms with Crippen molar-refractivity contribution in [1.29, 1.82) is 0 Å². The van der Waals surface area contributed by atoms with E-state index in [2.05, 4.69) is 25.6 Å². The lowest BCUT2D eigenvalue weighted by molar-refractivity contribution is 0.601. The van der Waals surface area contributed by atoms with Crippen molar-refractivity contribution in [2.45, 2.75) is 4.90 Å². The van der Waals surface area contributed by atoms with E-state index in [4.69, 9.17) is 5.73 Å². The van der Waals surface area contributed by atoms with Crippen LogP contribution >= 0.6 is 27.3 Å². The van der Waals surface area contributed by atoms with Gasteiger partial charge in [-0.05, 0) is 36.4 Å². The molecule has 0 aliphatic carbocycles. The molecule has 0 saturated heterocycles. The van der Waals surface area contributed by atoms with Crippen LogP contribution in [0.1, 0.15) is 0 Å². The molecule has 0 aliphatic heterocycles. The predicted molar refractivity (Wildman–Crippen MR) is 89.0 cm³/mol. The molecule has 0 spiro atoms. The van der Waals surface area contributed by atoms with Crippen molar-refractivity contribution < 1.29 is 8.42 Å². The van der Waals surface area contributed by atoms with Gasteiger partial charge in [-0.15, -0.1) is 11.3 Å². The van der Waals surface area contributed by atoms with Gasteiger partial charge in [-0.25, -0.2) is 13.4 Å². The van der Waals surface area contributed by atoms with Gasteiger partial charge in [0.05, 0.1) is 27.1 Å². The number of rotatable bonds is 3. The Hall–Kier alpha value is -1.64. The number of halogens is 1. The Bertz CT molecular complexity index is 922. The molecule has 3 N–H and O–H groups in total. The van der Waals surface area contributed by atoms with E-state index in [0.29, 0.717) is 10.2 Å². The van der Waals surface area contributed by atoms with Gasteiger partial charge in [0.1, 0.15) is 4.90 Å². The summed E-state index contributed by atoms with van der Waals surface area (Å²) in [4.78, 5) is 4.20. The molecule has 1 heterocycles. The second-order valence-electron chi connectivity index (χ2n) is 4.32. The first-order chi connectivity index (χ1) is 9.95. The monoisotopic (exact) mass is 383 g/mol. The summed E-state index contributed by atoms with van der Waals surface area (Å²) in [5, 5.41) is 0. The Kier molecular flexibility index (Phi) is 3.60. The largest absolute Gasteiger partial charge is 0.398 e. The van der Waals surface area contributed by atoms with E-state index in [1.54, 1.807) is 35.8 Å². The number of nitrogens with one attached hydrogen (secondary N) is 1. The molecule has 5 nitrogen and oxygen atoms in total. The average Bonchev–Trinajstić information content (AvgIpc) is 2.88. The summed E-state index contributed by atoms with van der Waals surface area (Å²) < 4.78 is 28.9. The van der Waals surface area contributed by atoms with Gasteiger partial charge < -0.3 is 5.73 Å². The third-order valence-corrected chi connectivity index (χ3v) is 5.57. The van der Waals surface area contributed by atoms with E-state index in [9.17, 15) is 8.42 Å². The van der Waals surface area contributed by atoms with Gasteiger partial charge in [-0.1, -0.05) is 15.9 Å². The number of sulfonamides is 1. The van der Waals surface area contributed by atoms with E-state index in [1.807, 2.05) is 0 Å². The minimum absolute atomic E-state index is 0.0428. The van der Waals surface area contributed by atoms with Crippen molar-refractivity contribution in [3.05, 3.63) is 46.4 Å². The van der Waals surface area contributed by atoms with E-state index < -0.39 is 10.0 Å². The van der Waals surface area contributed by atoms with Crippen LogP contribution in [0.25, 0.3) is 10.2 Å². The first-order valence-electron chi connectivity index (χ1n) is 5.87. The molecule has 2 aromatic carbocycles. The topological polar surface area (TPSA) is 85.1 Å². The van der Waals surface area contributed by atoms with Crippen molar-refractivity contribution in [2.24, 2.45) is 0 Å². The Morgan fingerprint density at radius 3 is 2.81 bits per heavy atom. The molecule has 0 atom stereocenters. The fourth-order valence-corrected chi connectivity index (χ4v) is 4.31. The Morgan fingerprint density at radius 2 is 2.00 bits per heavy atom. The van der Waals surface area contributed by atoms with Crippen molar-refractivity contribution in [3.8, 4) is 0 Å². The molecule has 0 bridgehead atoms. The molecule has 8 heteroatoms. The highest BCUT2D eigenvalue weighted by Crippen LogP contribution is 2.27. The second-order valence-corrected chi connectivity index (χ2v) is 7.78. The maximum absolute atomic E-state index is 12.4. The normalized spacial score (nSPS) is 11.7. The van der Waals surface area contributed by atoms with Crippen LogP contribution in [0.2, 0.25) is 0 Å².